The lowest BCUT2D eigenvalue weighted by molar-refractivity contribution is -0.124. The minimum atomic E-state index is -0.630. The average Bonchev–Trinajstić information content (AvgIpc) is 2.98. The largest absolute Gasteiger partial charge is 0.497 e. The van der Waals surface area contributed by atoms with Crippen molar-refractivity contribution < 1.29 is 9.53 Å². The van der Waals surface area contributed by atoms with E-state index < -0.39 is 5.54 Å². The SMILES string of the molecule is COc1ccc(CCC(C)(NC2CCCC2)C(N)=O)cc1. The summed E-state index contributed by atoms with van der Waals surface area (Å²) in [6.07, 6.45) is 6.31. The lowest BCUT2D eigenvalue weighted by Gasteiger charge is -2.31. The van der Waals surface area contributed by atoms with Crippen molar-refractivity contribution in [2.24, 2.45) is 5.73 Å². The van der Waals surface area contributed by atoms with Gasteiger partial charge in [0.1, 0.15) is 5.75 Å². The lowest BCUT2D eigenvalue weighted by atomic mass is 9.91. The lowest BCUT2D eigenvalue weighted by Crippen LogP contribution is -2.56. The second-order valence-electron chi connectivity index (χ2n) is 6.17. The quantitative estimate of drug-likeness (QED) is 0.810. The van der Waals surface area contributed by atoms with Gasteiger partial charge in [0.25, 0.3) is 0 Å². The molecule has 21 heavy (non-hydrogen) atoms. The Kier molecular flexibility index (Phi) is 5.23. The first-order valence-electron chi connectivity index (χ1n) is 7.74. The van der Waals surface area contributed by atoms with E-state index in [0.717, 1.165) is 25.0 Å². The van der Waals surface area contributed by atoms with E-state index in [1.54, 1.807) is 7.11 Å². The van der Waals surface area contributed by atoms with E-state index in [1.165, 1.54) is 18.4 Å². The van der Waals surface area contributed by atoms with E-state index >= 15 is 0 Å². The predicted molar refractivity (Wildman–Crippen MR) is 84.3 cm³/mol. The molecule has 0 spiro atoms. The van der Waals surface area contributed by atoms with Crippen molar-refractivity contribution in [3.63, 3.8) is 0 Å². The smallest absolute Gasteiger partial charge is 0.237 e. The number of methoxy groups -OCH3 is 1. The van der Waals surface area contributed by atoms with Crippen LogP contribution >= 0.6 is 0 Å². The van der Waals surface area contributed by atoms with Gasteiger partial charge >= 0.3 is 0 Å². The molecule has 1 unspecified atom stereocenters. The first-order valence-corrected chi connectivity index (χ1v) is 7.74. The number of benzene rings is 1. The standard InChI is InChI=1S/C17H26N2O2/c1-17(16(18)20,19-14-5-3-4-6-14)12-11-13-7-9-15(21-2)10-8-13/h7-10,14,19H,3-6,11-12H2,1-2H3,(H2,18,20). The zero-order valence-corrected chi connectivity index (χ0v) is 13.0. The molecule has 1 atom stereocenters. The van der Waals surface area contributed by atoms with Gasteiger partial charge in [-0.1, -0.05) is 25.0 Å². The van der Waals surface area contributed by atoms with E-state index in [1.807, 2.05) is 31.2 Å². The van der Waals surface area contributed by atoms with Crippen LogP contribution in [-0.2, 0) is 11.2 Å². The number of hydrogen-bond acceptors (Lipinski definition) is 3. The van der Waals surface area contributed by atoms with Gasteiger partial charge in [-0.25, -0.2) is 0 Å². The molecule has 1 fully saturated rings. The van der Waals surface area contributed by atoms with Crippen molar-refractivity contribution in [1.82, 2.24) is 5.32 Å². The zero-order valence-electron chi connectivity index (χ0n) is 13.0. The molecule has 116 valence electrons. The van der Waals surface area contributed by atoms with Gasteiger partial charge in [0.2, 0.25) is 5.91 Å². The number of nitrogens with one attached hydrogen (secondary N) is 1. The van der Waals surface area contributed by atoms with Gasteiger partial charge in [0.05, 0.1) is 12.6 Å². The van der Waals surface area contributed by atoms with Crippen LogP contribution in [0.15, 0.2) is 24.3 Å². The van der Waals surface area contributed by atoms with Gasteiger partial charge in [0, 0.05) is 6.04 Å². The molecule has 1 aromatic rings. The monoisotopic (exact) mass is 290 g/mol. The van der Waals surface area contributed by atoms with Gasteiger partial charge in [-0.05, 0) is 50.3 Å². The third-order valence-corrected chi connectivity index (χ3v) is 4.49. The van der Waals surface area contributed by atoms with Crippen molar-refractivity contribution in [2.75, 3.05) is 7.11 Å². The summed E-state index contributed by atoms with van der Waals surface area (Å²) < 4.78 is 5.16. The molecule has 4 heteroatoms. The summed E-state index contributed by atoms with van der Waals surface area (Å²) >= 11 is 0. The van der Waals surface area contributed by atoms with Gasteiger partial charge in [-0.15, -0.1) is 0 Å². The maximum absolute atomic E-state index is 11.9. The van der Waals surface area contributed by atoms with E-state index in [-0.39, 0.29) is 5.91 Å². The zero-order chi connectivity index (χ0) is 15.3. The minimum Gasteiger partial charge on any atom is -0.497 e. The van der Waals surface area contributed by atoms with Crippen LogP contribution in [0.1, 0.15) is 44.6 Å². The number of carbonyl (C=O) groups excluding carboxylic acids is 1. The normalized spacial score (nSPS) is 18.4. The molecule has 1 aliphatic carbocycles. The molecule has 0 radical (unpaired) electrons. The molecule has 0 bridgehead atoms. The van der Waals surface area contributed by atoms with E-state index in [2.05, 4.69) is 5.32 Å². The van der Waals surface area contributed by atoms with E-state index in [4.69, 9.17) is 10.5 Å². The molecule has 1 saturated carbocycles. The Morgan fingerprint density at radius 3 is 2.48 bits per heavy atom. The highest BCUT2D eigenvalue weighted by molar-refractivity contribution is 5.84. The summed E-state index contributed by atoms with van der Waals surface area (Å²) in [5, 5.41) is 3.49. The molecule has 0 aromatic heterocycles. The Bertz CT molecular complexity index is 466. The topological polar surface area (TPSA) is 64.3 Å². The Labute approximate surface area is 127 Å². The number of amides is 1. The molecule has 0 aliphatic heterocycles. The molecule has 4 nitrogen and oxygen atoms in total. The van der Waals surface area contributed by atoms with E-state index in [9.17, 15) is 4.79 Å². The van der Waals surface area contributed by atoms with Crippen molar-refractivity contribution in [1.29, 1.82) is 0 Å². The first-order chi connectivity index (χ1) is 10.0. The molecule has 1 amide bonds. The number of aryl methyl sites for hydroxylation is 1. The Morgan fingerprint density at radius 2 is 1.95 bits per heavy atom. The van der Waals surface area contributed by atoms with Crippen LogP contribution in [0, 0.1) is 0 Å². The Hall–Kier alpha value is -1.55. The van der Waals surface area contributed by atoms with Crippen LogP contribution in [0.2, 0.25) is 0 Å². The second kappa shape index (κ2) is 6.94. The van der Waals surface area contributed by atoms with Crippen molar-refractivity contribution in [3.05, 3.63) is 29.8 Å². The summed E-state index contributed by atoms with van der Waals surface area (Å²) in [6, 6.07) is 8.40. The van der Waals surface area contributed by atoms with Crippen molar-refractivity contribution >= 4 is 5.91 Å². The third-order valence-electron chi connectivity index (χ3n) is 4.49. The average molecular weight is 290 g/mol. The van der Waals surface area contributed by atoms with Crippen molar-refractivity contribution in [3.8, 4) is 5.75 Å². The third kappa shape index (κ3) is 4.21. The molecule has 3 N–H and O–H groups in total. The minimum absolute atomic E-state index is 0.261. The number of primary amides is 1. The molecule has 0 saturated heterocycles. The fourth-order valence-corrected chi connectivity index (χ4v) is 2.97. The maximum atomic E-state index is 11.9. The highest BCUT2D eigenvalue weighted by Gasteiger charge is 2.33. The van der Waals surface area contributed by atoms with Crippen LogP contribution in [0.5, 0.6) is 5.75 Å². The second-order valence-corrected chi connectivity index (χ2v) is 6.17. The summed E-state index contributed by atoms with van der Waals surface area (Å²) in [4.78, 5) is 11.9. The van der Waals surface area contributed by atoms with E-state index in [0.29, 0.717) is 12.5 Å². The highest BCUT2D eigenvalue weighted by Crippen LogP contribution is 2.23. The van der Waals surface area contributed by atoms with Crippen LogP contribution < -0.4 is 15.8 Å². The molecule has 1 aliphatic rings. The van der Waals surface area contributed by atoms with Crippen LogP contribution in [0.25, 0.3) is 0 Å². The number of hydrogen-bond donors (Lipinski definition) is 2. The number of rotatable bonds is 7. The van der Waals surface area contributed by atoms with Gasteiger partial charge in [-0.3, -0.25) is 4.79 Å². The first kappa shape index (κ1) is 15.8. The number of ether oxygens (including phenoxy) is 1. The predicted octanol–water partition coefficient (Wildman–Crippen LogP) is 2.40. The van der Waals surface area contributed by atoms with Gasteiger partial charge in [0.15, 0.2) is 0 Å². The molecular weight excluding hydrogens is 264 g/mol. The Morgan fingerprint density at radius 1 is 1.33 bits per heavy atom. The summed E-state index contributed by atoms with van der Waals surface area (Å²) in [7, 11) is 1.66. The van der Waals surface area contributed by atoms with Gasteiger partial charge in [-0.2, -0.15) is 0 Å². The Balaban J connectivity index is 1.96. The summed E-state index contributed by atoms with van der Waals surface area (Å²) in [5.74, 6) is 0.586. The summed E-state index contributed by atoms with van der Waals surface area (Å²) in [6.45, 7) is 1.93. The summed E-state index contributed by atoms with van der Waals surface area (Å²) in [5.41, 5.74) is 6.20. The maximum Gasteiger partial charge on any atom is 0.237 e. The number of nitrogens with two attached hydrogens (primary N) is 1. The fourth-order valence-electron chi connectivity index (χ4n) is 2.97. The van der Waals surface area contributed by atoms with Gasteiger partial charge < -0.3 is 15.8 Å². The van der Waals surface area contributed by atoms with Crippen LogP contribution in [0.4, 0.5) is 0 Å². The fraction of sp³-hybridized carbons (Fsp3) is 0.588. The molecule has 2 rings (SSSR count). The molecule has 1 aromatic carbocycles. The number of carbonyl (C=O) groups is 1. The van der Waals surface area contributed by atoms with Crippen LogP contribution in [0.3, 0.4) is 0 Å². The van der Waals surface area contributed by atoms with Crippen molar-refractivity contribution in [2.45, 2.75) is 57.0 Å². The van der Waals surface area contributed by atoms with Crippen LogP contribution in [-0.4, -0.2) is 24.6 Å². The highest BCUT2D eigenvalue weighted by atomic mass is 16.5. The molecular formula is C17H26N2O2. The molecule has 0 heterocycles.